The van der Waals surface area contributed by atoms with Crippen LogP contribution < -0.4 is 0 Å². The van der Waals surface area contributed by atoms with Crippen molar-refractivity contribution in [2.24, 2.45) is 5.92 Å². The fraction of sp³-hybridized carbons (Fsp3) is 0.800. The second kappa shape index (κ2) is 3.67. The van der Waals surface area contributed by atoms with Crippen LogP contribution in [0.1, 0.15) is 13.3 Å². The maximum atomic E-state index is 4.06. The highest BCUT2D eigenvalue weighted by Crippen LogP contribution is 2.11. The van der Waals surface area contributed by atoms with E-state index in [1.165, 1.54) is 0 Å². The molecule has 43 valence electrons. The zero-order valence-electron chi connectivity index (χ0n) is 4.46. The van der Waals surface area contributed by atoms with Gasteiger partial charge in [0.1, 0.15) is 0 Å². The smallest absolute Gasteiger partial charge is 0.0444 e. The quantitative estimate of drug-likeness (QED) is 0.420. The van der Waals surface area contributed by atoms with Gasteiger partial charge in [-0.3, -0.25) is 0 Å². The van der Waals surface area contributed by atoms with Crippen molar-refractivity contribution in [2.45, 2.75) is 17.9 Å². The Kier molecular flexibility index (Phi) is 4.04. The Morgan fingerprint density at radius 3 is 2.00 bits per heavy atom. The molecule has 0 aliphatic rings. The first-order valence-electron chi connectivity index (χ1n) is 2.32. The molecule has 0 aliphatic carbocycles. The average molecular weight is 135 g/mol. The van der Waals surface area contributed by atoms with E-state index in [0.29, 0.717) is 5.92 Å². The van der Waals surface area contributed by atoms with Crippen molar-refractivity contribution in [3.8, 4) is 0 Å². The van der Waals surface area contributed by atoms with Crippen LogP contribution in [0.4, 0.5) is 0 Å². The Hall–Kier alpha value is 0.700. The molecule has 1 radical (unpaired) electrons. The summed E-state index contributed by atoms with van der Waals surface area (Å²) in [4.78, 5) is 0. The summed E-state index contributed by atoms with van der Waals surface area (Å²) in [5.41, 5.74) is 0. The van der Waals surface area contributed by atoms with Gasteiger partial charge in [0.05, 0.1) is 0 Å². The van der Waals surface area contributed by atoms with E-state index in [1.807, 2.05) is 0 Å². The molecule has 0 heterocycles. The van der Waals surface area contributed by atoms with E-state index in [2.05, 4.69) is 39.1 Å². The minimum Gasteiger partial charge on any atom is -0.165 e. The Bertz CT molecular complexity index is 35.3. The summed E-state index contributed by atoms with van der Waals surface area (Å²) in [5.74, 6) is 0.472. The van der Waals surface area contributed by atoms with E-state index < -0.39 is 0 Å². The monoisotopic (exact) mass is 135 g/mol. The molecule has 0 aromatic heterocycles. The molecular formula is C5H11S2. The number of hydrogen-bond donors (Lipinski definition) is 2. The summed E-state index contributed by atoms with van der Waals surface area (Å²) in [6.45, 7) is 5.84. The molecule has 7 heavy (non-hydrogen) atoms. The largest absolute Gasteiger partial charge is 0.165 e. The molecule has 0 aromatic rings. The Morgan fingerprint density at radius 2 is 2.00 bits per heavy atom. The first kappa shape index (κ1) is 7.70. The first-order valence-corrected chi connectivity index (χ1v) is 3.35. The van der Waals surface area contributed by atoms with Crippen LogP contribution in [0.15, 0.2) is 0 Å². The normalized spacial score (nSPS) is 11.1. The van der Waals surface area contributed by atoms with E-state index in [0.717, 1.165) is 6.42 Å². The Labute approximate surface area is 56.5 Å². The Morgan fingerprint density at radius 1 is 1.57 bits per heavy atom. The lowest BCUT2D eigenvalue weighted by Crippen LogP contribution is -1.94. The maximum Gasteiger partial charge on any atom is 0.0444 e. The van der Waals surface area contributed by atoms with Gasteiger partial charge in [0.2, 0.25) is 0 Å². The lowest BCUT2D eigenvalue weighted by Gasteiger charge is -2.03. The molecule has 0 saturated heterocycles. The summed E-state index contributed by atoms with van der Waals surface area (Å²) >= 11 is 8.12. The molecule has 0 fully saturated rings. The van der Waals surface area contributed by atoms with Crippen LogP contribution in [0, 0.1) is 12.8 Å². The molecule has 0 spiro atoms. The number of rotatable bonds is 2. The van der Waals surface area contributed by atoms with Crippen LogP contribution in [0.25, 0.3) is 0 Å². The molecule has 0 aliphatic heterocycles. The SMILES string of the molecule is [CH2]C(C)CC(S)S. The lowest BCUT2D eigenvalue weighted by atomic mass is 10.2. The van der Waals surface area contributed by atoms with Gasteiger partial charge >= 0.3 is 0 Å². The van der Waals surface area contributed by atoms with Gasteiger partial charge in [0.25, 0.3) is 0 Å². The first-order chi connectivity index (χ1) is 3.13. The second-order valence-corrected chi connectivity index (χ2v) is 3.48. The Balaban J connectivity index is 2.95. The fourth-order valence-corrected chi connectivity index (χ4v) is 1.08. The third kappa shape index (κ3) is 6.70. The molecule has 2 heteroatoms. The van der Waals surface area contributed by atoms with Crippen LogP contribution in [-0.4, -0.2) is 4.58 Å². The van der Waals surface area contributed by atoms with Crippen LogP contribution in [0.2, 0.25) is 0 Å². The highest BCUT2D eigenvalue weighted by Gasteiger charge is 1.97. The van der Waals surface area contributed by atoms with Crippen molar-refractivity contribution in [3.63, 3.8) is 0 Å². The zero-order valence-corrected chi connectivity index (χ0v) is 6.25. The molecule has 0 N–H and O–H groups in total. The molecule has 0 rings (SSSR count). The van der Waals surface area contributed by atoms with Crippen molar-refractivity contribution in [3.05, 3.63) is 6.92 Å². The van der Waals surface area contributed by atoms with Gasteiger partial charge in [-0.25, -0.2) is 0 Å². The second-order valence-electron chi connectivity index (χ2n) is 1.82. The molecule has 0 amide bonds. The highest BCUT2D eigenvalue weighted by atomic mass is 32.2. The fourth-order valence-electron chi connectivity index (χ4n) is 0.360. The molecule has 1 unspecified atom stereocenters. The van der Waals surface area contributed by atoms with E-state index >= 15 is 0 Å². The average Bonchev–Trinajstić information content (AvgIpc) is 1.27. The summed E-state index contributed by atoms with van der Waals surface area (Å²) in [6, 6.07) is 0. The summed E-state index contributed by atoms with van der Waals surface area (Å²) in [7, 11) is 0. The molecular weight excluding hydrogens is 124 g/mol. The minimum absolute atomic E-state index is 0.201. The van der Waals surface area contributed by atoms with Crippen molar-refractivity contribution < 1.29 is 0 Å². The van der Waals surface area contributed by atoms with Crippen molar-refractivity contribution in [2.75, 3.05) is 0 Å². The maximum absolute atomic E-state index is 4.06. The van der Waals surface area contributed by atoms with Crippen LogP contribution >= 0.6 is 25.3 Å². The van der Waals surface area contributed by atoms with Gasteiger partial charge in [-0.05, 0) is 12.3 Å². The summed E-state index contributed by atoms with van der Waals surface area (Å²) in [6.07, 6.45) is 0.978. The van der Waals surface area contributed by atoms with Crippen LogP contribution in [-0.2, 0) is 0 Å². The van der Waals surface area contributed by atoms with Crippen molar-refractivity contribution in [1.29, 1.82) is 0 Å². The predicted molar refractivity (Wildman–Crippen MR) is 40.9 cm³/mol. The van der Waals surface area contributed by atoms with Gasteiger partial charge in [-0.1, -0.05) is 13.8 Å². The molecule has 0 nitrogen and oxygen atoms in total. The van der Waals surface area contributed by atoms with Gasteiger partial charge in [-0.15, -0.1) is 0 Å². The third-order valence-electron chi connectivity index (χ3n) is 0.613. The van der Waals surface area contributed by atoms with Crippen molar-refractivity contribution >= 4 is 25.3 Å². The predicted octanol–water partition coefficient (Wildman–Crippen LogP) is 2.03. The van der Waals surface area contributed by atoms with E-state index in [-0.39, 0.29) is 4.58 Å². The standard InChI is InChI=1S/C5H11S2/c1-4(2)3-5(6)7/h4-7H,1,3H2,2H3. The zero-order chi connectivity index (χ0) is 5.86. The summed E-state index contributed by atoms with van der Waals surface area (Å²) in [5, 5.41) is 0. The van der Waals surface area contributed by atoms with Gasteiger partial charge in [0.15, 0.2) is 0 Å². The molecule has 0 aromatic carbocycles. The molecule has 0 saturated carbocycles. The number of hydrogen-bond acceptors (Lipinski definition) is 2. The van der Waals surface area contributed by atoms with Gasteiger partial charge in [0, 0.05) is 4.58 Å². The van der Waals surface area contributed by atoms with Crippen molar-refractivity contribution in [1.82, 2.24) is 0 Å². The van der Waals surface area contributed by atoms with Crippen LogP contribution in [0.5, 0.6) is 0 Å². The third-order valence-corrected chi connectivity index (χ3v) is 1.03. The van der Waals surface area contributed by atoms with E-state index in [1.54, 1.807) is 0 Å². The van der Waals surface area contributed by atoms with E-state index in [4.69, 9.17) is 0 Å². The molecule has 1 atom stereocenters. The lowest BCUT2D eigenvalue weighted by molar-refractivity contribution is 0.689. The summed E-state index contributed by atoms with van der Waals surface area (Å²) < 4.78 is 0.201. The molecule has 0 bridgehead atoms. The van der Waals surface area contributed by atoms with Gasteiger partial charge < -0.3 is 0 Å². The topological polar surface area (TPSA) is 0 Å². The van der Waals surface area contributed by atoms with Crippen LogP contribution in [0.3, 0.4) is 0 Å². The number of thiol groups is 2. The highest BCUT2D eigenvalue weighted by molar-refractivity contribution is 7.99. The van der Waals surface area contributed by atoms with E-state index in [9.17, 15) is 0 Å². The minimum atomic E-state index is 0.201. The van der Waals surface area contributed by atoms with Gasteiger partial charge in [-0.2, -0.15) is 25.3 Å².